The van der Waals surface area contributed by atoms with E-state index in [4.69, 9.17) is 10.5 Å². The summed E-state index contributed by atoms with van der Waals surface area (Å²) in [6.45, 7) is -0.292. The largest absolute Gasteiger partial charge is 0.484 e. The minimum atomic E-state index is -0.591. The smallest absolute Gasteiger partial charge is 0.293 e. The van der Waals surface area contributed by atoms with Crippen LogP contribution in [0.3, 0.4) is 0 Å². The quantitative estimate of drug-likeness (QED) is 0.419. The van der Waals surface area contributed by atoms with Gasteiger partial charge in [0, 0.05) is 12.1 Å². The number of non-ortho nitro benzene ring substituents is 1. The molecule has 1 heterocycles. The first-order valence-corrected chi connectivity index (χ1v) is 9.15. The number of rotatable bonds is 7. The number of amides is 3. The molecular weight excluding hydrogens is 398 g/mol. The number of carbonyl (C=O) groups excluding carboxylic acids is 3. The minimum absolute atomic E-state index is 0.0520. The lowest BCUT2D eigenvalue weighted by atomic mass is 10.2. The van der Waals surface area contributed by atoms with Crippen molar-refractivity contribution < 1.29 is 24.0 Å². The van der Waals surface area contributed by atoms with Gasteiger partial charge in [-0.1, -0.05) is 24.3 Å². The minimum Gasteiger partial charge on any atom is -0.484 e. The molecule has 0 bridgehead atoms. The van der Waals surface area contributed by atoms with Crippen molar-refractivity contribution in [1.82, 2.24) is 4.90 Å². The van der Waals surface area contributed by atoms with Crippen molar-refractivity contribution in [3.63, 3.8) is 0 Å². The number of thioether (sulfide) groups is 1. The summed E-state index contributed by atoms with van der Waals surface area (Å²) >= 11 is 0.797. The van der Waals surface area contributed by atoms with Gasteiger partial charge >= 0.3 is 0 Å². The summed E-state index contributed by atoms with van der Waals surface area (Å²) in [4.78, 5) is 47.2. The summed E-state index contributed by atoms with van der Waals surface area (Å²) in [5, 5.41) is 10.4. The fourth-order valence-electron chi connectivity index (χ4n) is 2.55. The number of hydrogen-bond donors (Lipinski definition) is 1. The molecule has 0 radical (unpaired) electrons. The number of nitrogens with two attached hydrogens (primary N) is 1. The van der Waals surface area contributed by atoms with E-state index in [0.29, 0.717) is 16.9 Å². The zero-order chi connectivity index (χ0) is 21.0. The summed E-state index contributed by atoms with van der Waals surface area (Å²) in [6, 6.07) is 12.4. The second-order valence-corrected chi connectivity index (χ2v) is 7.01. The Labute approximate surface area is 169 Å². The summed E-state index contributed by atoms with van der Waals surface area (Å²) < 4.78 is 5.16. The Kier molecular flexibility index (Phi) is 5.93. The summed E-state index contributed by atoms with van der Waals surface area (Å²) in [6.07, 6.45) is 1.57. The van der Waals surface area contributed by atoms with Crippen LogP contribution in [0.4, 0.5) is 10.5 Å². The normalized spacial score (nSPS) is 15.0. The van der Waals surface area contributed by atoms with Crippen molar-refractivity contribution in [1.29, 1.82) is 0 Å². The molecule has 0 aromatic heterocycles. The highest BCUT2D eigenvalue weighted by atomic mass is 32.2. The maximum Gasteiger partial charge on any atom is 0.293 e. The fraction of sp³-hybridized carbons (Fsp3) is 0.105. The van der Waals surface area contributed by atoms with Crippen molar-refractivity contribution in [2.45, 2.75) is 6.54 Å². The van der Waals surface area contributed by atoms with Crippen LogP contribution in [0.2, 0.25) is 0 Å². The first kappa shape index (κ1) is 20.1. The van der Waals surface area contributed by atoms with Crippen LogP contribution >= 0.6 is 11.8 Å². The Hall–Kier alpha value is -3.66. The molecule has 2 N–H and O–H groups in total. The molecule has 3 amide bonds. The number of nitro groups is 1. The lowest BCUT2D eigenvalue weighted by molar-refractivity contribution is -0.384. The van der Waals surface area contributed by atoms with Crippen molar-refractivity contribution in [2.24, 2.45) is 5.73 Å². The second-order valence-electron chi connectivity index (χ2n) is 6.02. The van der Waals surface area contributed by atoms with Gasteiger partial charge < -0.3 is 10.5 Å². The molecule has 1 saturated heterocycles. The van der Waals surface area contributed by atoms with E-state index in [9.17, 15) is 24.5 Å². The van der Waals surface area contributed by atoms with Gasteiger partial charge in [0.25, 0.3) is 22.7 Å². The third-order valence-electron chi connectivity index (χ3n) is 3.89. The van der Waals surface area contributed by atoms with Crippen LogP contribution in [-0.2, 0) is 16.1 Å². The van der Waals surface area contributed by atoms with Crippen molar-refractivity contribution in [2.75, 3.05) is 6.61 Å². The number of benzene rings is 2. The van der Waals surface area contributed by atoms with Crippen LogP contribution in [0, 0.1) is 10.1 Å². The Morgan fingerprint density at radius 1 is 1.21 bits per heavy atom. The van der Waals surface area contributed by atoms with Gasteiger partial charge in [-0.05, 0) is 41.1 Å². The van der Waals surface area contributed by atoms with E-state index in [2.05, 4.69) is 0 Å². The highest BCUT2D eigenvalue weighted by molar-refractivity contribution is 8.18. The van der Waals surface area contributed by atoms with Crippen molar-refractivity contribution in [3.05, 3.63) is 74.7 Å². The number of imide groups is 1. The fourth-order valence-corrected chi connectivity index (χ4v) is 3.39. The molecule has 148 valence electrons. The third kappa shape index (κ3) is 4.99. The Morgan fingerprint density at radius 3 is 2.59 bits per heavy atom. The van der Waals surface area contributed by atoms with E-state index in [1.165, 1.54) is 18.2 Å². The highest BCUT2D eigenvalue weighted by Gasteiger charge is 2.35. The molecular formula is C19H15N3O6S. The summed E-state index contributed by atoms with van der Waals surface area (Å²) in [7, 11) is 0. The van der Waals surface area contributed by atoms with E-state index in [1.807, 2.05) is 0 Å². The molecule has 2 aromatic carbocycles. The molecule has 2 aromatic rings. The Balaban J connectivity index is 1.72. The van der Waals surface area contributed by atoms with E-state index in [1.54, 1.807) is 36.4 Å². The van der Waals surface area contributed by atoms with Crippen LogP contribution in [0.25, 0.3) is 6.08 Å². The summed E-state index contributed by atoms with van der Waals surface area (Å²) in [5.41, 5.74) is 6.06. The van der Waals surface area contributed by atoms with Gasteiger partial charge in [0.05, 0.1) is 16.4 Å². The van der Waals surface area contributed by atoms with Crippen molar-refractivity contribution in [3.8, 4) is 5.75 Å². The number of nitro benzene ring substituents is 1. The maximum atomic E-state index is 12.6. The monoisotopic (exact) mass is 413 g/mol. The van der Waals surface area contributed by atoms with E-state index < -0.39 is 22.0 Å². The number of ether oxygens (including phenoxy) is 1. The van der Waals surface area contributed by atoms with E-state index >= 15 is 0 Å². The van der Waals surface area contributed by atoms with E-state index in [0.717, 1.165) is 16.7 Å². The molecule has 0 unspecified atom stereocenters. The molecule has 0 spiro atoms. The zero-order valence-corrected chi connectivity index (χ0v) is 15.8. The Bertz CT molecular complexity index is 1020. The van der Waals surface area contributed by atoms with E-state index in [-0.39, 0.29) is 23.7 Å². The lowest BCUT2D eigenvalue weighted by Gasteiger charge is -2.12. The number of carbonyl (C=O) groups is 3. The lowest BCUT2D eigenvalue weighted by Crippen LogP contribution is -2.27. The third-order valence-corrected chi connectivity index (χ3v) is 4.80. The molecule has 10 heteroatoms. The molecule has 29 heavy (non-hydrogen) atoms. The van der Waals surface area contributed by atoms with Gasteiger partial charge in [-0.2, -0.15) is 0 Å². The maximum absolute atomic E-state index is 12.6. The first-order valence-electron chi connectivity index (χ1n) is 8.33. The zero-order valence-electron chi connectivity index (χ0n) is 14.9. The standard InChI is InChI=1S/C19H15N3O6S/c20-17(23)11-28-15-6-4-12(5-7-15)9-16-18(24)21(19(25)29-16)10-13-2-1-3-14(8-13)22(26)27/h1-9H,10-11H2,(H2,20,23)/b16-9-. The molecule has 1 fully saturated rings. The van der Waals surface area contributed by atoms with Crippen LogP contribution in [0.15, 0.2) is 53.4 Å². The molecule has 0 atom stereocenters. The van der Waals surface area contributed by atoms with Crippen LogP contribution in [-0.4, -0.2) is 33.5 Å². The molecule has 3 rings (SSSR count). The van der Waals surface area contributed by atoms with Gasteiger partial charge in [-0.3, -0.25) is 29.4 Å². The van der Waals surface area contributed by atoms with Crippen LogP contribution < -0.4 is 10.5 Å². The first-order chi connectivity index (χ1) is 13.8. The predicted octanol–water partition coefficient (Wildman–Crippen LogP) is 2.70. The highest BCUT2D eigenvalue weighted by Crippen LogP contribution is 2.33. The number of hydrogen-bond acceptors (Lipinski definition) is 7. The van der Waals surface area contributed by atoms with Gasteiger partial charge in [-0.15, -0.1) is 0 Å². The van der Waals surface area contributed by atoms with Gasteiger partial charge in [0.15, 0.2) is 6.61 Å². The van der Waals surface area contributed by atoms with Gasteiger partial charge in [0.1, 0.15) is 5.75 Å². The van der Waals surface area contributed by atoms with Crippen LogP contribution in [0.1, 0.15) is 11.1 Å². The molecule has 1 aliphatic rings. The van der Waals surface area contributed by atoms with Crippen molar-refractivity contribution >= 4 is 40.6 Å². The average Bonchev–Trinajstić information content (AvgIpc) is 2.95. The number of nitrogens with zero attached hydrogens (tertiary/aromatic N) is 2. The summed E-state index contributed by atoms with van der Waals surface area (Å²) in [5.74, 6) is -0.619. The SMILES string of the molecule is NC(=O)COc1ccc(/C=C2\SC(=O)N(Cc3cccc([N+](=O)[O-])c3)C2=O)cc1. The van der Waals surface area contributed by atoms with Gasteiger partial charge in [0.2, 0.25) is 0 Å². The Morgan fingerprint density at radius 2 is 1.93 bits per heavy atom. The predicted molar refractivity (Wildman–Crippen MR) is 106 cm³/mol. The molecule has 1 aliphatic heterocycles. The molecule has 0 saturated carbocycles. The van der Waals surface area contributed by atoms with Gasteiger partial charge in [-0.25, -0.2) is 0 Å². The number of primary amides is 1. The average molecular weight is 413 g/mol. The molecule has 9 nitrogen and oxygen atoms in total. The molecule has 0 aliphatic carbocycles. The topological polar surface area (TPSA) is 133 Å². The van der Waals surface area contributed by atoms with Crippen LogP contribution in [0.5, 0.6) is 5.75 Å². The second kappa shape index (κ2) is 8.57.